The molecule has 7 heteroatoms. The number of nitrogens with two attached hydrogens (primary N) is 1. The highest BCUT2D eigenvalue weighted by molar-refractivity contribution is 9.10. The molecule has 0 aromatic carbocycles. The molecule has 6 nitrogen and oxygen atoms in total. The number of rotatable bonds is 2. The van der Waals surface area contributed by atoms with E-state index < -0.39 is 0 Å². The second-order valence-electron chi connectivity index (χ2n) is 6.08. The minimum atomic E-state index is 0.211. The largest absolute Gasteiger partial charge is 0.383 e. The van der Waals surface area contributed by atoms with Crippen LogP contribution in [-0.4, -0.2) is 40.4 Å². The molecular formula is C16H19BrN6. The zero-order valence-electron chi connectivity index (χ0n) is 12.7. The number of nitrogen functional groups attached to an aromatic ring is 1. The van der Waals surface area contributed by atoms with E-state index in [9.17, 15) is 0 Å². The average molecular weight is 375 g/mol. The van der Waals surface area contributed by atoms with Crippen LogP contribution >= 0.6 is 15.9 Å². The number of dihydropyridines is 1. The number of fused-ring (bicyclic) bond motifs is 1. The van der Waals surface area contributed by atoms with Crippen LogP contribution in [0.25, 0.3) is 5.65 Å². The molecule has 0 amide bonds. The summed E-state index contributed by atoms with van der Waals surface area (Å²) in [5.41, 5.74) is 9.28. The average Bonchev–Trinajstić information content (AvgIpc) is 3.03. The van der Waals surface area contributed by atoms with E-state index in [1.807, 2.05) is 18.5 Å². The number of nitrogens with zero attached hydrogens (tertiary/aromatic N) is 4. The van der Waals surface area contributed by atoms with Gasteiger partial charge in [0.1, 0.15) is 5.82 Å². The van der Waals surface area contributed by atoms with Crippen molar-refractivity contribution in [3.63, 3.8) is 0 Å². The first kappa shape index (κ1) is 14.8. The number of allylic oxidation sites excluding steroid dienone is 1. The number of piperidine rings is 1. The summed E-state index contributed by atoms with van der Waals surface area (Å²) >= 11 is 3.63. The minimum Gasteiger partial charge on any atom is -0.383 e. The summed E-state index contributed by atoms with van der Waals surface area (Å²) in [6.45, 7) is 2.75. The number of hydrogen-bond acceptors (Lipinski definition) is 5. The Morgan fingerprint density at radius 2 is 2.30 bits per heavy atom. The lowest BCUT2D eigenvalue weighted by molar-refractivity contribution is 0.453. The van der Waals surface area contributed by atoms with E-state index in [1.165, 1.54) is 0 Å². The highest BCUT2D eigenvalue weighted by Crippen LogP contribution is 2.34. The van der Waals surface area contributed by atoms with Crippen LogP contribution in [0.15, 0.2) is 27.8 Å². The van der Waals surface area contributed by atoms with E-state index in [0.29, 0.717) is 11.7 Å². The molecule has 2 aromatic heterocycles. The summed E-state index contributed by atoms with van der Waals surface area (Å²) in [4.78, 5) is 9.29. The van der Waals surface area contributed by atoms with Crippen LogP contribution in [0.3, 0.4) is 0 Å². The summed E-state index contributed by atoms with van der Waals surface area (Å²) in [7, 11) is 0. The summed E-state index contributed by atoms with van der Waals surface area (Å²) in [6.07, 6.45) is 10.1. The molecule has 1 fully saturated rings. The number of hydrogen-bond donors (Lipinski definition) is 2. The first-order valence-corrected chi connectivity index (χ1v) is 8.75. The maximum absolute atomic E-state index is 6.31. The van der Waals surface area contributed by atoms with Crippen molar-refractivity contribution < 1.29 is 0 Å². The van der Waals surface area contributed by atoms with E-state index in [1.54, 1.807) is 4.52 Å². The zero-order valence-corrected chi connectivity index (χ0v) is 14.3. The molecule has 0 saturated carbocycles. The van der Waals surface area contributed by atoms with E-state index in [-0.39, 0.29) is 5.92 Å². The Hall–Kier alpha value is -1.73. The number of aromatic nitrogens is 3. The van der Waals surface area contributed by atoms with Crippen molar-refractivity contribution in [2.45, 2.75) is 24.7 Å². The number of anilines is 1. The number of halogens is 1. The van der Waals surface area contributed by atoms with Gasteiger partial charge < -0.3 is 11.1 Å². The van der Waals surface area contributed by atoms with Crippen LogP contribution in [0, 0.1) is 0 Å². The predicted octanol–water partition coefficient (Wildman–Crippen LogP) is 2.27. The Morgan fingerprint density at radius 3 is 3.04 bits per heavy atom. The lowest BCUT2D eigenvalue weighted by Crippen LogP contribution is -2.29. The summed E-state index contributed by atoms with van der Waals surface area (Å²) in [5, 5.41) is 7.88. The van der Waals surface area contributed by atoms with Gasteiger partial charge in [0.2, 0.25) is 0 Å². The van der Waals surface area contributed by atoms with E-state index in [0.717, 1.165) is 53.9 Å². The fourth-order valence-electron chi connectivity index (χ4n) is 3.33. The molecule has 2 aromatic rings. The van der Waals surface area contributed by atoms with Gasteiger partial charge in [0, 0.05) is 36.7 Å². The molecule has 2 atom stereocenters. The van der Waals surface area contributed by atoms with Crippen molar-refractivity contribution >= 4 is 33.6 Å². The van der Waals surface area contributed by atoms with Crippen LogP contribution in [0.2, 0.25) is 0 Å². The molecule has 23 heavy (non-hydrogen) atoms. The van der Waals surface area contributed by atoms with E-state index >= 15 is 0 Å². The highest BCUT2D eigenvalue weighted by atomic mass is 79.9. The van der Waals surface area contributed by atoms with Gasteiger partial charge >= 0.3 is 0 Å². The molecule has 0 radical (unpaired) electrons. The molecule has 1 saturated heterocycles. The quantitative estimate of drug-likeness (QED) is 0.844. The smallest absolute Gasteiger partial charge is 0.161 e. The van der Waals surface area contributed by atoms with Crippen LogP contribution in [0.5, 0.6) is 0 Å². The molecule has 2 unspecified atom stereocenters. The summed E-state index contributed by atoms with van der Waals surface area (Å²) in [5.74, 6) is 1.21. The molecule has 0 aliphatic carbocycles. The first-order chi connectivity index (χ1) is 11.3. The first-order valence-electron chi connectivity index (χ1n) is 7.95. The monoisotopic (exact) mass is 374 g/mol. The minimum absolute atomic E-state index is 0.211. The topological polar surface area (TPSA) is 80.6 Å². The zero-order chi connectivity index (χ0) is 15.8. The van der Waals surface area contributed by atoms with E-state index in [2.05, 4.69) is 37.4 Å². The fourth-order valence-corrected chi connectivity index (χ4v) is 3.91. The fraction of sp³-hybridized carbons (Fsp3) is 0.438. The molecule has 0 spiro atoms. The number of nitrogens with one attached hydrogen (secondary N) is 1. The van der Waals surface area contributed by atoms with Gasteiger partial charge in [-0.3, -0.25) is 4.99 Å². The van der Waals surface area contributed by atoms with Gasteiger partial charge in [0.05, 0.1) is 16.4 Å². The van der Waals surface area contributed by atoms with Crippen molar-refractivity contribution in [2.75, 3.05) is 25.4 Å². The highest BCUT2D eigenvalue weighted by Gasteiger charge is 2.25. The normalized spacial score (nSPS) is 24.4. The van der Waals surface area contributed by atoms with Gasteiger partial charge in [-0.15, -0.1) is 0 Å². The van der Waals surface area contributed by atoms with Crippen LogP contribution in [0.1, 0.15) is 35.9 Å². The third kappa shape index (κ3) is 2.57. The van der Waals surface area contributed by atoms with Gasteiger partial charge in [-0.2, -0.15) is 9.61 Å². The molecule has 4 rings (SSSR count). The maximum atomic E-state index is 6.31. The van der Waals surface area contributed by atoms with Gasteiger partial charge in [0.15, 0.2) is 5.65 Å². The Labute approximate surface area is 143 Å². The van der Waals surface area contributed by atoms with E-state index in [4.69, 9.17) is 10.7 Å². The molecule has 4 heterocycles. The number of aliphatic imine (C=N–C) groups is 1. The molecule has 2 aliphatic rings. The Morgan fingerprint density at radius 1 is 1.39 bits per heavy atom. The van der Waals surface area contributed by atoms with Crippen molar-refractivity contribution in [1.82, 2.24) is 19.9 Å². The van der Waals surface area contributed by atoms with Crippen LogP contribution in [0.4, 0.5) is 5.82 Å². The second-order valence-corrected chi connectivity index (χ2v) is 6.87. The molecular weight excluding hydrogens is 356 g/mol. The standard InChI is InChI=1S/C16H19BrN6/c17-13-14(11-4-2-6-20-8-11)22-16-12(9-21-23(16)15(13)18)10-3-1-5-19-7-10/h1,3,5,9-11,20H,2,4,6-8,18H2. The van der Waals surface area contributed by atoms with Crippen LogP contribution in [-0.2, 0) is 0 Å². The Kier molecular flexibility index (Phi) is 3.90. The van der Waals surface area contributed by atoms with Crippen molar-refractivity contribution in [3.05, 3.63) is 34.1 Å². The Balaban J connectivity index is 1.83. The predicted molar refractivity (Wildman–Crippen MR) is 95.2 cm³/mol. The lowest BCUT2D eigenvalue weighted by atomic mass is 9.95. The molecule has 3 N–H and O–H groups in total. The van der Waals surface area contributed by atoms with Gasteiger partial charge in [0.25, 0.3) is 0 Å². The van der Waals surface area contributed by atoms with Crippen molar-refractivity contribution in [3.8, 4) is 0 Å². The maximum Gasteiger partial charge on any atom is 0.161 e. The molecule has 2 aliphatic heterocycles. The molecule has 0 bridgehead atoms. The summed E-state index contributed by atoms with van der Waals surface area (Å²) < 4.78 is 2.59. The SMILES string of the molecule is Nc1c(Br)c(C2CCCNC2)nc2c(C3C=CC=NC3)cnn12. The van der Waals surface area contributed by atoms with Crippen LogP contribution < -0.4 is 11.1 Å². The third-order valence-corrected chi connectivity index (χ3v) is 5.41. The van der Waals surface area contributed by atoms with Gasteiger partial charge in [-0.05, 0) is 41.4 Å². The van der Waals surface area contributed by atoms with Gasteiger partial charge in [-0.25, -0.2) is 4.98 Å². The van der Waals surface area contributed by atoms with Crippen molar-refractivity contribution in [1.29, 1.82) is 0 Å². The summed E-state index contributed by atoms with van der Waals surface area (Å²) in [6, 6.07) is 0. The lowest BCUT2D eigenvalue weighted by Gasteiger charge is -2.24. The van der Waals surface area contributed by atoms with Gasteiger partial charge in [-0.1, -0.05) is 6.08 Å². The van der Waals surface area contributed by atoms with Crippen molar-refractivity contribution in [2.24, 2.45) is 4.99 Å². The molecule has 120 valence electrons. The second kappa shape index (κ2) is 6.05. The Bertz CT molecular complexity index is 787. The third-order valence-electron chi connectivity index (χ3n) is 4.60.